The Morgan fingerprint density at radius 3 is 2.73 bits per heavy atom. The smallest absolute Gasteiger partial charge is 0.123 e. The van der Waals surface area contributed by atoms with Crippen molar-refractivity contribution in [2.45, 2.75) is 25.0 Å². The largest absolute Gasteiger partial charge is 0.389 e. The number of aliphatic hydroxyl groups is 1. The quantitative estimate of drug-likeness (QED) is 0.792. The molecule has 2 heterocycles. The first-order valence-electron chi connectivity index (χ1n) is 7.45. The van der Waals surface area contributed by atoms with Crippen molar-refractivity contribution in [2.75, 3.05) is 18.1 Å². The number of rotatable bonds is 5. The first-order valence-corrected chi connectivity index (χ1v) is 8.61. The molecule has 1 aromatic heterocycles. The van der Waals surface area contributed by atoms with Crippen molar-refractivity contribution in [3.8, 4) is 11.3 Å². The van der Waals surface area contributed by atoms with Crippen LogP contribution in [0.2, 0.25) is 0 Å². The predicted octanol–water partition coefficient (Wildman–Crippen LogP) is 2.56. The van der Waals surface area contributed by atoms with Gasteiger partial charge in [-0.1, -0.05) is 0 Å². The molecule has 0 spiro atoms. The average molecular weight is 321 g/mol. The molecule has 6 heteroatoms. The Balaban J connectivity index is 1.62. The number of hydrogen-bond donors (Lipinski definition) is 3. The molecule has 2 aromatic rings. The third-order valence-electron chi connectivity index (χ3n) is 4.04. The van der Waals surface area contributed by atoms with Crippen molar-refractivity contribution in [1.29, 1.82) is 0 Å². The molecule has 0 radical (unpaired) electrons. The van der Waals surface area contributed by atoms with Crippen molar-refractivity contribution < 1.29 is 9.50 Å². The maximum Gasteiger partial charge on any atom is 0.123 e. The SMILES string of the molecule is OC1(CNCc2cn[nH]c2-c2ccc(F)cc2)CCSCC1. The maximum atomic E-state index is 13.0. The second-order valence-corrected chi connectivity index (χ2v) is 6.94. The van der Waals surface area contributed by atoms with Crippen LogP contribution in [0.4, 0.5) is 4.39 Å². The molecule has 0 unspecified atom stereocenters. The topological polar surface area (TPSA) is 60.9 Å². The van der Waals surface area contributed by atoms with Crippen molar-refractivity contribution >= 4 is 11.8 Å². The zero-order valence-corrected chi connectivity index (χ0v) is 13.1. The molecule has 1 saturated heterocycles. The van der Waals surface area contributed by atoms with E-state index in [1.807, 2.05) is 11.8 Å². The monoisotopic (exact) mass is 321 g/mol. The fraction of sp³-hybridized carbons (Fsp3) is 0.438. The lowest BCUT2D eigenvalue weighted by Gasteiger charge is -2.32. The van der Waals surface area contributed by atoms with Gasteiger partial charge in [0, 0.05) is 24.2 Å². The van der Waals surface area contributed by atoms with Gasteiger partial charge in [0.15, 0.2) is 0 Å². The Hall–Kier alpha value is -1.37. The fourth-order valence-electron chi connectivity index (χ4n) is 2.67. The highest BCUT2D eigenvalue weighted by Gasteiger charge is 2.28. The van der Waals surface area contributed by atoms with E-state index >= 15 is 0 Å². The first kappa shape index (κ1) is 15.5. The zero-order chi connectivity index (χ0) is 15.4. The van der Waals surface area contributed by atoms with Crippen molar-refractivity contribution in [2.24, 2.45) is 0 Å². The lowest BCUT2D eigenvalue weighted by molar-refractivity contribution is 0.0320. The van der Waals surface area contributed by atoms with Gasteiger partial charge in [-0.3, -0.25) is 5.10 Å². The van der Waals surface area contributed by atoms with Crippen LogP contribution in [0, 0.1) is 5.82 Å². The summed E-state index contributed by atoms with van der Waals surface area (Å²) in [5, 5.41) is 20.8. The molecular formula is C16H20FN3OS. The van der Waals surface area contributed by atoms with Gasteiger partial charge in [0.25, 0.3) is 0 Å². The molecule has 3 N–H and O–H groups in total. The number of nitrogens with zero attached hydrogens (tertiary/aromatic N) is 1. The Kier molecular flexibility index (Phi) is 4.81. The second-order valence-electron chi connectivity index (χ2n) is 5.72. The van der Waals surface area contributed by atoms with E-state index in [1.165, 1.54) is 12.1 Å². The number of aromatic amines is 1. The number of hydrogen-bond acceptors (Lipinski definition) is 4. The summed E-state index contributed by atoms with van der Waals surface area (Å²) in [6.07, 6.45) is 3.44. The lowest BCUT2D eigenvalue weighted by atomic mass is 9.97. The van der Waals surface area contributed by atoms with E-state index in [4.69, 9.17) is 0 Å². The molecule has 22 heavy (non-hydrogen) atoms. The highest BCUT2D eigenvalue weighted by molar-refractivity contribution is 7.99. The summed E-state index contributed by atoms with van der Waals surface area (Å²) in [6.45, 7) is 1.21. The van der Waals surface area contributed by atoms with E-state index in [-0.39, 0.29) is 5.82 Å². The van der Waals surface area contributed by atoms with E-state index in [0.29, 0.717) is 13.1 Å². The third kappa shape index (κ3) is 3.69. The van der Waals surface area contributed by atoms with Crippen LogP contribution in [0.15, 0.2) is 30.5 Å². The van der Waals surface area contributed by atoms with Gasteiger partial charge in [-0.05, 0) is 48.6 Å². The summed E-state index contributed by atoms with van der Waals surface area (Å²) in [4.78, 5) is 0. The molecule has 1 fully saturated rings. The van der Waals surface area contributed by atoms with Gasteiger partial charge < -0.3 is 10.4 Å². The minimum absolute atomic E-state index is 0.250. The highest BCUT2D eigenvalue weighted by Crippen LogP contribution is 2.26. The van der Waals surface area contributed by atoms with Crippen molar-refractivity contribution in [3.05, 3.63) is 41.8 Å². The van der Waals surface area contributed by atoms with E-state index in [9.17, 15) is 9.50 Å². The molecule has 0 amide bonds. The number of benzene rings is 1. The molecule has 1 aliphatic rings. The Bertz CT molecular complexity index is 608. The molecule has 118 valence electrons. The van der Waals surface area contributed by atoms with Gasteiger partial charge >= 0.3 is 0 Å². The van der Waals surface area contributed by atoms with Crippen LogP contribution in [0.5, 0.6) is 0 Å². The summed E-state index contributed by atoms with van der Waals surface area (Å²) in [6, 6.07) is 6.35. The standard InChI is InChI=1S/C16H20FN3OS/c17-14-3-1-12(2-4-14)15-13(10-19-20-15)9-18-11-16(21)5-7-22-8-6-16/h1-4,10,18,21H,5-9,11H2,(H,19,20). The van der Waals surface area contributed by atoms with E-state index in [0.717, 1.165) is 41.2 Å². The second kappa shape index (κ2) is 6.81. The summed E-state index contributed by atoms with van der Waals surface area (Å²) in [5.74, 6) is 1.79. The van der Waals surface area contributed by atoms with Gasteiger partial charge in [-0.15, -0.1) is 0 Å². The van der Waals surface area contributed by atoms with E-state index in [2.05, 4.69) is 15.5 Å². The van der Waals surface area contributed by atoms with Crippen molar-refractivity contribution in [1.82, 2.24) is 15.5 Å². The number of halogens is 1. The molecule has 0 bridgehead atoms. The lowest BCUT2D eigenvalue weighted by Crippen LogP contribution is -2.43. The maximum absolute atomic E-state index is 13.0. The highest BCUT2D eigenvalue weighted by atomic mass is 32.2. The van der Waals surface area contributed by atoms with E-state index in [1.54, 1.807) is 18.3 Å². The Morgan fingerprint density at radius 1 is 1.27 bits per heavy atom. The van der Waals surface area contributed by atoms with Crippen molar-refractivity contribution in [3.63, 3.8) is 0 Å². The number of aromatic nitrogens is 2. The number of nitrogens with one attached hydrogen (secondary N) is 2. The number of thioether (sulfide) groups is 1. The van der Waals surface area contributed by atoms with Crippen LogP contribution in [-0.4, -0.2) is 39.0 Å². The zero-order valence-electron chi connectivity index (χ0n) is 12.3. The molecule has 3 rings (SSSR count). The Morgan fingerprint density at radius 2 is 2.00 bits per heavy atom. The molecule has 0 aliphatic carbocycles. The van der Waals surface area contributed by atoms with E-state index < -0.39 is 5.60 Å². The molecule has 0 saturated carbocycles. The van der Waals surface area contributed by atoms with Crippen LogP contribution in [0.25, 0.3) is 11.3 Å². The minimum atomic E-state index is -0.592. The number of H-pyrrole nitrogens is 1. The fourth-order valence-corrected chi connectivity index (χ4v) is 3.92. The van der Waals surface area contributed by atoms with Crippen LogP contribution < -0.4 is 5.32 Å². The van der Waals surface area contributed by atoms with Crippen LogP contribution >= 0.6 is 11.8 Å². The molecule has 1 aliphatic heterocycles. The average Bonchev–Trinajstić information content (AvgIpc) is 2.97. The van der Waals surface area contributed by atoms with Gasteiger partial charge in [0.1, 0.15) is 5.82 Å². The normalized spacial score (nSPS) is 17.5. The van der Waals surface area contributed by atoms with Gasteiger partial charge in [-0.25, -0.2) is 4.39 Å². The molecule has 1 aromatic carbocycles. The van der Waals surface area contributed by atoms with Crippen LogP contribution in [0.1, 0.15) is 18.4 Å². The van der Waals surface area contributed by atoms with Crippen LogP contribution in [0.3, 0.4) is 0 Å². The summed E-state index contributed by atoms with van der Waals surface area (Å²) >= 11 is 1.90. The molecule has 4 nitrogen and oxygen atoms in total. The predicted molar refractivity (Wildman–Crippen MR) is 87.2 cm³/mol. The van der Waals surface area contributed by atoms with Gasteiger partial charge in [-0.2, -0.15) is 16.9 Å². The third-order valence-corrected chi connectivity index (χ3v) is 5.03. The molecular weight excluding hydrogens is 301 g/mol. The summed E-state index contributed by atoms with van der Waals surface area (Å²) in [5.41, 5.74) is 2.22. The van der Waals surface area contributed by atoms with Crippen LogP contribution in [-0.2, 0) is 6.54 Å². The molecule has 0 atom stereocenters. The Labute approximate surface area is 133 Å². The van der Waals surface area contributed by atoms with Gasteiger partial charge in [0.05, 0.1) is 17.5 Å². The summed E-state index contributed by atoms with van der Waals surface area (Å²) < 4.78 is 13.0. The first-order chi connectivity index (χ1) is 10.7. The minimum Gasteiger partial charge on any atom is -0.389 e. The summed E-state index contributed by atoms with van der Waals surface area (Å²) in [7, 11) is 0. The van der Waals surface area contributed by atoms with Gasteiger partial charge in [0.2, 0.25) is 0 Å².